The van der Waals surface area contributed by atoms with E-state index in [1.165, 1.54) is 68.1 Å². The molecule has 0 bridgehead atoms. The molecule has 3 aromatic rings. The molecule has 1 saturated carbocycles. The minimum absolute atomic E-state index is 0.0394. The summed E-state index contributed by atoms with van der Waals surface area (Å²) in [6, 6.07) is 19.5. The summed E-state index contributed by atoms with van der Waals surface area (Å²) in [6.07, 6.45) is 16.2. The lowest BCUT2D eigenvalue weighted by molar-refractivity contribution is 0.312. The van der Waals surface area contributed by atoms with E-state index in [2.05, 4.69) is 62.0 Å². The Morgan fingerprint density at radius 2 is 1.62 bits per heavy atom. The molecule has 0 heterocycles. The Kier molecular flexibility index (Phi) is 8.97. The van der Waals surface area contributed by atoms with E-state index in [4.69, 9.17) is 0 Å². The average molecular weight is 457 g/mol. The Balaban J connectivity index is 1.33. The molecule has 1 aliphatic carbocycles. The third-order valence-corrected chi connectivity index (χ3v) is 7.93. The zero-order chi connectivity index (χ0) is 23.8. The summed E-state index contributed by atoms with van der Waals surface area (Å²) in [5, 5.41) is 1.79. The van der Waals surface area contributed by atoms with Crippen LogP contribution in [0.4, 0.5) is 4.39 Å². The van der Waals surface area contributed by atoms with E-state index in [0.29, 0.717) is 5.92 Å². The average Bonchev–Trinajstić information content (AvgIpc) is 2.88. The molecule has 0 unspecified atom stereocenters. The number of fused-ring (bicyclic) bond motifs is 1. The number of benzene rings is 3. The molecular weight excluding hydrogens is 415 g/mol. The van der Waals surface area contributed by atoms with Gasteiger partial charge in [0.05, 0.1) is 0 Å². The highest BCUT2D eigenvalue weighted by molar-refractivity contribution is 5.84. The van der Waals surface area contributed by atoms with Gasteiger partial charge >= 0.3 is 0 Å². The first-order valence-corrected chi connectivity index (χ1v) is 13.6. The van der Waals surface area contributed by atoms with Crippen molar-refractivity contribution in [2.45, 2.75) is 89.9 Å². The highest BCUT2D eigenvalue weighted by Gasteiger charge is 2.21. The van der Waals surface area contributed by atoms with Crippen LogP contribution >= 0.6 is 0 Å². The molecule has 0 radical (unpaired) electrons. The van der Waals surface area contributed by atoms with E-state index >= 15 is 4.39 Å². The summed E-state index contributed by atoms with van der Waals surface area (Å²) >= 11 is 0. The molecule has 1 aliphatic rings. The first kappa shape index (κ1) is 24.7. The summed E-state index contributed by atoms with van der Waals surface area (Å²) in [6.45, 7) is 6.09. The normalized spacial score (nSPS) is 18.3. The van der Waals surface area contributed by atoms with Crippen molar-refractivity contribution in [1.82, 2.24) is 0 Å². The first-order chi connectivity index (χ1) is 16.7. The van der Waals surface area contributed by atoms with Gasteiger partial charge in [-0.05, 0) is 104 Å². The molecule has 1 fully saturated rings. The van der Waals surface area contributed by atoms with Crippen LogP contribution in [0.5, 0.6) is 0 Å². The van der Waals surface area contributed by atoms with Crippen molar-refractivity contribution < 1.29 is 4.39 Å². The number of unbranched alkanes of at least 4 members (excludes halogenated alkanes) is 2. The van der Waals surface area contributed by atoms with E-state index in [0.717, 1.165) is 47.9 Å². The topological polar surface area (TPSA) is 0 Å². The second-order valence-corrected chi connectivity index (χ2v) is 10.4. The Hall–Kier alpha value is -2.41. The minimum atomic E-state index is -0.0394. The van der Waals surface area contributed by atoms with Gasteiger partial charge in [0.25, 0.3) is 0 Å². The second-order valence-electron chi connectivity index (χ2n) is 10.4. The highest BCUT2D eigenvalue weighted by Crippen LogP contribution is 2.37. The van der Waals surface area contributed by atoms with Crippen molar-refractivity contribution in [3.8, 4) is 0 Å². The van der Waals surface area contributed by atoms with Crippen LogP contribution in [0.2, 0.25) is 0 Å². The van der Waals surface area contributed by atoms with Crippen LogP contribution in [0.1, 0.15) is 92.9 Å². The number of hydrogen-bond acceptors (Lipinski definition) is 0. The van der Waals surface area contributed by atoms with E-state index in [1.54, 1.807) is 0 Å². The summed E-state index contributed by atoms with van der Waals surface area (Å²) in [5.74, 6) is 1.55. The Morgan fingerprint density at radius 3 is 2.35 bits per heavy atom. The molecule has 4 rings (SSSR count). The van der Waals surface area contributed by atoms with Crippen molar-refractivity contribution in [2.75, 3.05) is 0 Å². The smallest absolute Gasteiger partial charge is 0.134 e. The van der Waals surface area contributed by atoms with E-state index in [1.807, 2.05) is 12.1 Å². The lowest BCUT2D eigenvalue weighted by Gasteiger charge is -2.28. The lowest BCUT2D eigenvalue weighted by Crippen LogP contribution is -2.13. The molecule has 0 nitrogen and oxygen atoms in total. The molecule has 0 saturated heterocycles. The van der Waals surface area contributed by atoms with Gasteiger partial charge in [-0.1, -0.05) is 80.4 Å². The Bertz CT molecular complexity index is 1050. The third kappa shape index (κ3) is 6.38. The van der Waals surface area contributed by atoms with Crippen molar-refractivity contribution in [3.05, 3.63) is 95.3 Å². The van der Waals surface area contributed by atoms with E-state index < -0.39 is 0 Å². The quantitative estimate of drug-likeness (QED) is 0.199. The zero-order valence-corrected chi connectivity index (χ0v) is 21.0. The largest absolute Gasteiger partial charge is 0.206 e. The molecule has 0 N–H and O–H groups in total. The summed E-state index contributed by atoms with van der Waals surface area (Å²) < 4.78 is 15.2. The van der Waals surface area contributed by atoms with Crippen LogP contribution in [0.25, 0.3) is 10.8 Å². The molecule has 0 aliphatic heterocycles. The van der Waals surface area contributed by atoms with Crippen LogP contribution in [0.15, 0.2) is 67.3 Å². The van der Waals surface area contributed by atoms with Crippen LogP contribution < -0.4 is 0 Å². The zero-order valence-electron chi connectivity index (χ0n) is 21.0. The van der Waals surface area contributed by atoms with Gasteiger partial charge in [0, 0.05) is 5.39 Å². The molecule has 180 valence electrons. The van der Waals surface area contributed by atoms with Crippen LogP contribution in [-0.4, -0.2) is 0 Å². The van der Waals surface area contributed by atoms with Crippen LogP contribution in [-0.2, 0) is 19.3 Å². The maximum Gasteiger partial charge on any atom is 0.134 e. The lowest BCUT2D eigenvalue weighted by atomic mass is 9.77. The first-order valence-electron chi connectivity index (χ1n) is 13.6. The third-order valence-electron chi connectivity index (χ3n) is 7.93. The number of allylic oxidation sites excluding steroid dienone is 1. The minimum Gasteiger partial charge on any atom is -0.206 e. The number of halogens is 1. The molecule has 0 atom stereocenters. The predicted molar refractivity (Wildman–Crippen MR) is 145 cm³/mol. The standard InChI is InChI=1S/C33H41F/c1-3-5-7-9-27-15-23-32-31(24-27)22-21-30(33(32)34)20-14-26-12-18-29(19-13-26)28-16-10-25(11-17-28)8-6-4-2/h4,12-13,15,18-19,21-25,28H,2-3,5-11,14,16-17,20H2,1H3. The van der Waals surface area contributed by atoms with Crippen LogP contribution in [0, 0.1) is 11.7 Å². The molecule has 3 aromatic carbocycles. The molecule has 0 amide bonds. The molecule has 0 aromatic heterocycles. The summed E-state index contributed by atoms with van der Waals surface area (Å²) in [7, 11) is 0. The summed E-state index contributed by atoms with van der Waals surface area (Å²) in [4.78, 5) is 0. The fourth-order valence-electron chi connectivity index (χ4n) is 5.69. The SMILES string of the molecule is C=CCCC1CCC(c2ccc(CCc3ccc4cc(CCCCC)ccc4c3F)cc2)CC1. The maximum atomic E-state index is 15.2. The molecule has 34 heavy (non-hydrogen) atoms. The molecule has 0 spiro atoms. The van der Waals surface area contributed by atoms with Gasteiger partial charge in [-0.3, -0.25) is 0 Å². The fourth-order valence-corrected chi connectivity index (χ4v) is 5.69. The van der Waals surface area contributed by atoms with Gasteiger partial charge in [0.15, 0.2) is 0 Å². The summed E-state index contributed by atoms with van der Waals surface area (Å²) in [5.41, 5.74) is 4.93. The van der Waals surface area contributed by atoms with Gasteiger partial charge in [0.1, 0.15) is 5.82 Å². The molecular formula is C33H41F. The highest BCUT2D eigenvalue weighted by atomic mass is 19.1. The van der Waals surface area contributed by atoms with Gasteiger partial charge in [0.2, 0.25) is 0 Å². The predicted octanol–water partition coefficient (Wildman–Crippen LogP) is 9.74. The monoisotopic (exact) mass is 456 g/mol. The van der Waals surface area contributed by atoms with Crippen LogP contribution in [0.3, 0.4) is 0 Å². The number of aryl methyl sites for hydroxylation is 3. The molecule has 1 heteroatoms. The Labute approximate surface area is 206 Å². The van der Waals surface area contributed by atoms with E-state index in [-0.39, 0.29) is 5.82 Å². The van der Waals surface area contributed by atoms with Crippen molar-refractivity contribution >= 4 is 10.8 Å². The maximum absolute atomic E-state index is 15.2. The van der Waals surface area contributed by atoms with E-state index in [9.17, 15) is 0 Å². The Morgan fingerprint density at radius 1 is 0.853 bits per heavy atom. The van der Waals surface area contributed by atoms with Gasteiger partial charge in [-0.2, -0.15) is 0 Å². The van der Waals surface area contributed by atoms with Gasteiger partial charge in [-0.25, -0.2) is 4.39 Å². The number of hydrogen-bond donors (Lipinski definition) is 0. The van der Waals surface area contributed by atoms with Crippen molar-refractivity contribution in [3.63, 3.8) is 0 Å². The van der Waals surface area contributed by atoms with Gasteiger partial charge < -0.3 is 0 Å². The number of rotatable bonds is 11. The van der Waals surface area contributed by atoms with Crippen molar-refractivity contribution in [1.29, 1.82) is 0 Å². The fraction of sp³-hybridized carbons (Fsp3) is 0.455. The second kappa shape index (κ2) is 12.3. The van der Waals surface area contributed by atoms with Crippen molar-refractivity contribution in [2.24, 2.45) is 5.92 Å². The van der Waals surface area contributed by atoms with Gasteiger partial charge in [-0.15, -0.1) is 6.58 Å².